The molecule has 2 heterocycles. The minimum absolute atomic E-state index is 0.206. The predicted octanol–water partition coefficient (Wildman–Crippen LogP) is 3.40. The van der Waals surface area contributed by atoms with Crippen LogP contribution in [-0.4, -0.2) is 35.1 Å². The highest BCUT2D eigenvalue weighted by Crippen LogP contribution is 2.29. The lowest BCUT2D eigenvalue weighted by atomic mass is 10.1. The molecule has 0 bridgehead atoms. The number of fused-ring (bicyclic) bond motifs is 1. The van der Waals surface area contributed by atoms with Crippen molar-refractivity contribution in [3.63, 3.8) is 0 Å². The maximum atomic E-state index is 13.3. The number of anilines is 1. The number of hydrogen-bond donors (Lipinski definition) is 1. The fourth-order valence-corrected chi connectivity index (χ4v) is 5.85. The van der Waals surface area contributed by atoms with Crippen molar-refractivity contribution >= 4 is 21.9 Å². The number of sulfonamides is 1. The number of aromatic nitrogens is 2. The van der Waals surface area contributed by atoms with Gasteiger partial charge in [0.25, 0.3) is 5.91 Å². The number of nitrogens with zero attached hydrogens (tertiary/aromatic N) is 3. The van der Waals surface area contributed by atoms with Crippen LogP contribution in [-0.2, 0) is 23.0 Å². The van der Waals surface area contributed by atoms with Gasteiger partial charge in [0.2, 0.25) is 16.0 Å². The van der Waals surface area contributed by atoms with Crippen molar-refractivity contribution in [3.05, 3.63) is 82.2 Å². The van der Waals surface area contributed by atoms with E-state index < -0.39 is 10.0 Å². The Bertz CT molecular complexity index is 1230. The van der Waals surface area contributed by atoms with Crippen LogP contribution in [0.25, 0.3) is 0 Å². The van der Waals surface area contributed by atoms with Crippen LogP contribution in [0.2, 0.25) is 0 Å². The van der Waals surface area contributed by atoms with Gasteiger partial charge in [-0.25, -0.2) is 18.4 Å². The van der Waals surface area contributed by atoms with Gasteiger partial charge in [-0.3, -0.25) is 10.1 Å². The second-order valence-electron chi connectivity index (χ2n) is 7.80. The van der Waals surface area contributed by atoms with Gasteiger partial charge in [0, 0.05) is 36.8 Å². The van der Waals surface area contributed by atoms with Crippen molar-refractivity contribution in [2.24, 2.45) is 0 Å². The fraction of sp³-hybridized carbons (Fsp3) is 0.261. The highest BCUT2D eigenvalue weighted by molar-refractivity contribution is 7.89. The maximum Gasteiger partial charge on any atom is 0.258 e. The maximum absolute atomic E-state index is 13.3. The molecule has 0 fully saturated rings. The van der Waals surface area contributed by atoms with E-state index in [1.807, 2.05) is 39.0 Å². The minimum Gasteiger partial charge on any atom is -0.290 e. The zero-order valence-corrected chi connectivity index (χ0v) is 18.5. The van der Waals surface area contributed by atoms with E-state index in [1.165, 1.54) is 4.31 Å². The first-order valence-corrected chi connectivity index (χ1v) is 11.5. The number of benzene rings is 2. The number of carbonyl (C=O) groups excluding carboxylic acids is 1. The SMILES string of the molecule is Cc1cc(C)c(S(=O)(=O)N2CCc3nc(NC(=O)c4ccccc4)ncc3C2)c(C)c1. The third-order valence-electron chi connectivity index (χ3n) is 5.36. The summed E-state index contributed by atoms with van der Waals surface area (Å²) >= 11 is 0. The van der Waals surface area contributed by atoms with E-state index in [0.717, 1.165) is 27.9 Å². The van der Waals surface area contributed by atoms with Gasteiger partial charge in [-0.1, -0.05) is 35.9 Å². The quantitative estimate of drug-likeness (QED) is 0.677. The van der Waals surface area contributed by atoms with Crippen LogP contribution < -0.4 is 5.32 Å². The Hall–Kier alpha value is -3.10. The lowest BCUT2D eigenvalue weighted by molar-refractivity contribution is 0.102. The molecular weight excluding hydrogens is 412 g/mol. The van der Waals surface area contributed by atoms with Crippen molar-refractivity contribution < 1.29 is 13.2 Å². The van der Waals surface area contributed by atoms with E-state index in [0.29, 0.717) is 23.4 Å². The van der Waals surface area contributed by atoms with E-state index in [2.05, 4.69) is 15.3 Å². The van der Waals surface area contributed by atoms with E-state index in [4.69, 9.17) is 0 Å². The summed E-state index contributed by atoms with van der Waals surface area (Å²) < 4.78 is 28.2. The topological polar surface area (TPSA) is 92.3 Å². The monoisotopic (exact) mass is 436 g/mol. The zero-order chi connectivity index (χ0) is 22.2. The van der Waals surface area contributed by atoms with Gasteiger partial charge in [0.15, 0.2) is 0 Å². The molecule has 3 aromatic rings. The Morgan fingerprint density at radius 3 is 2.42 bits per heavy atom. The highest BCUT2D eigenvalue weighted by atomic mass is 32.2. The van der Waals surface area contributed by atoms with Crippen molar-refractivity contribution in [1.29, 1.82) is 0 Å². The molecule has 31 heavy (non-hydrogen) atoms. The standard InChI is InChI=1S/C23H24N4O3S/c1-15-11-16(2)21(17(3)12-15)31(29,30)27-10-9-20-19(14-27)13-24-23(25-20)26-22(28)18-7-5-4-6-8-18/h4-8,11-13H,9-10,14H2,1-3H3,(H,24,25,26,28). The first kappa shape index (κ1) is 21.1. The molecule has 7 nitrogen and oxygen atoms in total. The second kappa shape index (κ2) is 8.20. The fourth-order valence-electron chi connectivity index (χ4n) is 4.02. The summed E-state index contributed by atoms with van der Waals surface area (Å²) in [5, 5.41) is 2.70. The van der Waals surface area contributed by atoms with E-state index in [9.17, 15) is 13.2 Å². The summed E-state index contributed by atoms with van der Waals surface area (Å²) in [5.41, 5.74) is 4.55. The predicted molar refractivity (Wildman–Crippen MR) is 118 cm³/mol. The van der Waals surface area contributed by atoms with Crippen molar-refractivity contribution in [3.8, 4) is 0 Å². The molecule has 0 unspecified atom stereocenters. The molecule has 0 saturated carbocycles. The van der Waals surface area contributed by atoms with Crippen LogP contribution in [0.15, 0.2) is 53.6 Å². The molecule has 1 aliphatic rings. The van der Waals surface area contributed by atoms with Crippen LogP contribution in [0.5, 0.6) is 0 Å². The van der Waals surface area contributed by atoms with Gasteiger partial charge < -0.3 is 0 Å². The van der Waals surface area contributed by atoms with Crippen LogP contribution >= 0.6 is 0 Å². The second-order valence-corrected chi connectivity index (χ2v) is 9.68. The third kappa shape index (κ3) is 4.22. The summed E-state index contributed by atoms with van der Waals surface area (Å²) in [6.07, 6.45) is 2.05. The molecule has 0 atom stereocenters. The van der Waals surface area contributed by atoms with Gasteiger partial charge in [-0.2, -0.15) is 4.31 Å². The Morgan fingerprint density at radius 1 is 1.06 bits per heavy atom. The molecule has 160 valence electrons. The Kier molecular flexibility index (Phi) is 5.60. The lowest BCUT2D eigenvalue weighted by Crippen LogP contribution is -2.37. The molecule has 0 saturated heterocycles. The Balaban J connectivity index is 1.55. The third-order valence-corrected chi connectivity index (χ3v) is 7.51. The van der Waals surface area contributed by atoms with Crippen molar-refractivity contribution in [2.75, 3.05) is 11.9 Å². The summed E-state index contributed by atoms with van der Waals surface area (Å²) in [4.78, 5) is 21.4. The number of aryl methyl sites for hydroxylation is 3. The van der Waals surface area contributed by atoms with Gasteiger partial charge in [0.1, 0.15) is 0 Å². The minimum atomic E-state index is -3.64. The lowest BCUT2D eigenvalue weighted by Gasteiger charge is -2.28. The number of rotatable bonds is 4. The first-order valence-electron chi connectivity index (χ1n) is 10.0. The van der Waals surface area contributed by atoms with E-state index in [1.54, 1.807) is 30.5 Å². The molecular formula is C23H24N4O3S. The summed E-state index contributed by atoms with van der Waals surface area (Å²) in [6.45, 7) is 6.15. The Morgan fingerprint density at radius 2 is 1.74 bits per heavy atom. The molecule has 4 rings (SSSR count). The molecule has 2 aromatic carbocycles. The van der Waals surface area contributed by atoms with Crippen LogP contribution in [0.1, 0.15) is 38.3 Å². The normalized spacial score (nSPS) is 14.2. The smallest absolute Gasteiger partial charge is 0.258 e. The summed E-state index contributed by atoms with van der Waals surface area (Å²) in [6, 6.07) is 12.6. The first-order chi connectivity index (χ1) is 14.8. The van der Waals surface area contributed by atoms with Gasteiger partial charge in [0.05, 0.1) is 10.6 Å². The average molecular weight is 437 g/mol. The van der Waals surface area contributed by atoms with E-state index >= 15 is 0 Å². The number of nitrogens with one attached hydrogen (secondary N) is 1. The van der Waals surface area contributed by atoms with Crippen molar-refractivity contribution in [1.82, 2.24) is 14.3 Å². The highest BCUT2D eigenvalue weighted by Gasteiger charge is 2.31. The molecule has 8 heteroatoms. The van der Waals surface area contributed by atoms with Gasteiger partial charge in [-0.15, -0.1) is 0 Å². The molecule has 1 aromatic heterocycles. The molecule has 0 aliphatic carbocycles. The zero-order valence-electron chi connectivity index (χ0n) is 17.7. The number of carbonyl (C=O) groups is 1. The molecule has 1 amide bonds. The van der Waals surface area contributed by atoms with Crippen LogP contribution in [0.3, 0.4) is 0 Å². The Labute approximate surface area is 182 Å². The van der Waals surface area contributed by atoms with E-state index in [-0.39, 0.29) is 18.4 Å². The largest absolute Gasteiger partial charge is 0.290 e. The van der Waals surface area contributed by atoms with Gasteiger partial charge in [-0.05, 0) is 44.0 Å². The van der Waals surface area contributed by atoms with Crippen LogP contribution in [0.4, 0.5) is 5.95 Å². The summed E-state index contributed by atoms with van der Waals surface area (Å²) in [7, 11) is -3.64. The number of amides is 1. The average Bonchev–Trinajstić information content (AvgIpc) is 2.73. The summed E-state index contributed by atoms with van der Waals surface area (Å²) in [5.74, 6) is -0.0694. The molecule has 0 radical (unpaired) electrons. The van der Waals surface area contributed by atoms with Crippen LogP contribution in [0, 0.1) is 20.8 Å². The molecule has 0 spiro atoms. The molecule has 1 aliphatic heterocycles. The van der Waals surface area contributed by atoms with Crippen molar-refractivity contribution in [2.45, 2.75) is 38.6 Å². The van der Waals surface area contributed by atoms with Gasteiger partial charge >= 0.3 is 0 Å². The molecule has 1 N–H and O–H groups in total. The number of hydrogen-bond acceptors (Lipinski definition) is 5.